The second kappa shape index (κ2) is 12.1. The maximum Gasteiger partial charge on any atom is 0.416 e. The predicted molar refractivity (Wildman–Crippen MR) is 150 cm³/mol. The van der Waals surface area contributed by atoms with Gasteiger partial charge >= 0.3 is 12.3 Å². The molecule has 2 amide bonds. The Morgan fingerprint density at radius 3 is 2.60 bits per heavy atom. The van der Waals surface area contributed by atoms with E-state index < -0.39 is 48.3 Å². The first-order valence-corrected chi connectivity index (χ1v) is 14.4. The molecule has 3 aromatic rings. The summed E-state index contributed by atoms with van der Waals surface area (Å²) in [6.07, 6.45) is -5.85. The minimum atomic E-state index is -4.54. The number of nitrogens with one attached hydrogen (secondary N) is 1. The van der Waals surface area contributed by atoms with Crippen LogP contribution in [0.1, 0.15) is 49.7 Å². The van der Waals surface area contributed by atoms with Gasteiger partial charge in [0.1, 0.15) is 23.5 Å². The van der Waals surface area contributed by atoms with E-state index in [1.54, 1.807) is 0 Å². The molecule has 0 bridgehead atoms. The second-order valence-electron chi connectivity index (χ2n) is 11.3. The summed E-state index contributed by atoms with van der Waals surface area (Å²) in [7, 11) is 0. The number of amides is 2. The Kier molecular flexibility index (Phi) is 8.25. The van der Waals surface area contributed by atoms with E-state index in [1.165, 1.54) is 27.9 Å². The van der Waals surface area contributed by atoms with E-state index >= 15 is 0 Å². The van der Waals surface area contributed by atoms with Gasteiger partial charge in [0, 0.05) is 25.6 Å². The van der Waals surface area contributed by atoms with Crippen LogP contribution in [-0.2, 0) is 15.7 Å². The Morgan fingerprint density at radius 2 is 1.89 bits per heavy atom. The topological polar surface area (TPSA) is 178 Å². The number of carbonyl (C=O) groups is 2. The van der Waals surface area contributed by atoms with Crippen molar-refractivity contribution in [1.29, 1.82) is 0 Å². The number of fused-ring (bicyclic) bond motifs is 1. The maximum absolute atomic E-state index is 13.0. The third-order valence-corrected chi connectivity index (χ3v) is 7.97. The predicted octanol–water partition coefficient (Wildman–Crippen LogP) is 1.98. The standard InChI is InChI=1S/C29H30F3N7O6/c30-29(31,32)16-4-2-5-18(13-16)44-28(43)38-11-9-15(10-12-38)3-1-6-19-36-24(33)20-25(37-19)39(14-34-20)27-22(41)21(40)23(45-27)26(42)35-17-7-8-17/h2,4-5,13-15,17,21-23,27,40-41H,3,7-12H2,(H,35,42)(H2,33,36,37)/t21?,22-,23-,27+/m0/s1. The molecule has 6 rings (SSSR count). The zero-order valence-electron chi connectivity index (χ0n) is 23.8. The van der Waals surface area contributed by atoms with Gasteiger partial charge in [-0.1, -0.05) is 12.0 Å². The summed E-state index contributed by atoms with van der Waals surface area (Å²) in [5.41, 5.74) is 5.64. The summed E-state index contributed by atoms with van der Waals surface area (Å²) in [6, 6.07) is 4.22. The van der Waals surface area contributed by atoms with E-state index in [0.717, 1.165) is 25.0 Å². The Bertz CT molecular complexity index is 1660. The highest BCUT2D eigenvalue weighted by atomic mass is 19.4. The molecule has 1 aromatic carbocycles. The van der Waals surface area contributed by atoms with Gasteiger partial charge in [-0.25, -0.2) is 19.7 Å². The number of ether oxygens (including phenoxy) is 2. The molecule has 45 heavy (non-hydrogen) atoms. The van der Waals surface area contributed by atoms with Crippen LogP contribution in [0.2, 0.25) is 0 Å². The highest BCUT2D eigenvalue weighted by Gasteiger charge is 2.48. The van der Waals surface area contributed by atoms with Crippen molar-refractivity contribution in [3.8, 4) is 17.6 Å². The molecule has 1 aliphatic carbocycles. The van der Waals surface area contributed by atoms with Crippen molar-refractivity contribution < 1.29 is 42.4 Å². The number of hydrogen-bond acceptors (Lipinski definition) is 10. The molecule has 2 saturated heterocycles. The minimum absolute atomic E-state index is 0.0479. The lowest BCUT2D eigenvalue weighted by molar-refractivity contribution is -0.138. The molecule has 0 radical (unpaired) electrons. The normalized spacial score (nSPS) is 23.9. The fourth-order valence-corrected chi connectivity index (χ4v) is 5.29. The lowest BCUT2D eigenvalue weighted by atomic mass is 9.94. The van der Waals surface area contributed by atoms with Crippen molar-refractivity contribution in [1.82, 2.24) is 29.7 Å². The van der Waals surface area contributed by atoms with Gasteiger partial charge in [0.25, 0.3) is 5.91 Å². The summed E-state index contributed by atoms with van der Waals surface area (Å²) >= 11 is 0. The minimum Gasteiger partial charge on any atom is -0.410 e. The molecule has 3 fully saturated rings. The lowest BCUT2D eigenvalue weighted by Crippen LogP contribution is -2.43. The lowest BCUT2D eigenvalue weighted by Gasteiger charge is -2.30. The van der Waals surface area contributed by atoms with Crippen molar-refractivity contribution in [2.24, 2.45) is 5.92 Å². The van der Waals surface area contributed by atoms with Crippen LogP contribution in [0.25, 0.3) is 11.2 Å². The van der Waals surface area contributed by atoms with Crippen molar-refractivity contribution in [2.45, 2.75) is 68.9 Å². The van der Waals surface area contributed by atoms with Crippen molar-refractivity contribution in [2.75, 3.05) is 18.8 Å². The SMILES string of the molecule is Nc1nc(C#CCC2CCN(C(=O)Oc3cccc(C(F)(F)F)c3)CC2)nc2c1ncn2[C@@H]1O[C@H](C(=O)NC2CC2)C(O)[C@@H]1O. The molecule has 3 aliphatic rings. The zero-order valence-corrected chi connectivity index (χ0v) is 23.8. The van der Waals surface area contributed by atoms with Gasteiger partial charge in [-0.15, -0.1) is 0 Å². The average molecular weight is 630 g/mol. The van der Waals surface area contributed by atoms with Gasteiger partial charge in [-0.3, -0.25) is 9.36 Å². The van der Waals surface area contributed by atoms with Crippen LogP contribution in [0.5, 0.6) is 5.75 Å². The van der Waals surface area contributed by atoms with E-state index in [0.29, 0.717) is 32.4 Å². The van der Waals surface area contributed by atoms with Crippen molar-refractivity contribution >= 4 is 29.0 Å². The molecule has 2 aliphatic heterocycles. The zero-order chi connectivity index (χ0) is 31.9. The van der Waals surface area contributed by atoms with Crippen LogP contribution in [-0.4, -0.2) is 84.1 Å². The summed E-state index contributed by atoms with van der Waals surface area (Å²) in [5, 5.41) is 23.9. The summed E-state index contributed by atoms with van der Waals surface area (Å²) in [6.45, 7) is 0.710. The van der Waals surface area contributed by atoms with Crippen LogP contribution < -0.4 is 15.8 Å². The number of aliphatic hydroxyl groups excluding tert-OH is 2. The molecule has 2 aromatic heterocycles. The smallest absolute Gasteiger partial charge is 0.410 e. The Balaban J connectivity index is 1.06. The summed E-state index contributed by atoms with van der Waals surface area (Å²) in [5.74, 6) is 5.53. The Morgan fingerprint density at radius 1 is 1.13 bits per heavy atom. The number of nitrogens with zero attached hydrogens (tertiary/aromatic N) is 5. The maximum atomic E-state index is 13.0. The number of rotatable bonds is 5. The molecular weight excluding hydrogens is 599 g/mol. The molecule has 0 spiro atoms. The first kappa shape index (κ1) is 30.6. The monoisotopic (exact) mass is 629 g/mol. The number of carbonyl (C=O) groups excluding carboxylic acids is 2. The van der Waals surface area contributed by atoms with E-state index in [-0.39, 0.29) is 40.5 Å². The summed E-state index contributed by atoms with van der Waals surface area (Å²) < 4.78 is 51.1. The number of piperidine rings is 1. The number of aliphatic hydroxyl groups is 2. The number of nitrogen functional groups attached to an aromatic ring is 1. The molecule has 4 atom stereocenters. The molecule has 16 heteroatoms. The van der Waals surface area contributed by atoms with Crippen LogP contribution >= 0.6 is 0 Å². The van der Waals surface area contributed by atoms with Gasteiger partial charge in [0.15, 0.2) is 23.8 Å². The molecule has 5 N–H and O–H groups in total. The largest absolute Gasteiger partial charge is 0.416 e. The van der Waals surface area contributed by atoms with E-state index in [4.69, 9.17) is 15.2 Å². The van der Waals surface area contributed by atoms with Gasteiger partial charge < -0.3 is 35.6 Å². The van der Waals surface area contributed by atoms with Gasteiger partial charge in [0.2, 0.25) is 5.82 Å². The quantitative estimate of drug-likeness (QED) is 0.305. The number of benzene rings is 1. The Hall–Kier alpha value is -4.46. The second-order valence-corrected chi connectivity index (χ2v) is 11.3. The van der Waals surface area contributed by atoms with Crippen LogP contribution in [0.15, 0.2) is 30.6 Å². The molecular formula is C29H30F3N7O6. The number of aromatic nitrogens is 4. The number of halogens is 3. The van der Waals surface area contributed by atoms with Crippen LogP contribution in [0.4, 0.5) is 23.8 Å². The third kappa shape index (κ3) is 6.65. The average Bonchev–Trinajstić information content (AvgIpc) is 3.64. The van der Waals surface area contributed by atoms with Crippen LogP contribution in [0, 0.1) is 17.8 Å². The van der Waals surface area contributed by atoms with Gasteiger partial charge in [-0.2, -0.15) is 13.2 Å². The highest BCUT2D eigenvalue weighted by molar-refractivity contribution is 5.83. The third-order valence-electron chi connectivity index (χ3n) is 7.97. The molecule has 238 valence electrons. The van der Waals surface area contributed by atoms with Gasteiger partial charge in [-0.05, 0) is 55.7 Å². The number of likely N-dealkylation sites (tertiary alicyclic amines) is 1. The summed E-state index contributed by atoms with van der Waals surface area (Å²) in [4.78, 5) is 39.3. The van der Waals surface area contributed by atoms with E-state index in [2.05, 4.69) is 32.1 Å². The fraction of sp³-hybridized carbons (Fsp3) is 0.483. The van der Waals surface area contributed by atoms with Crippen LogP contribution in [0.3, 0.4) is 0 Å². The highest BCUT2D eigenvalue weighted by Crippen LogP contribution is 2.34. The van der Waals surface area contributed by atoms with Crippen molar-refractivity contribution in [3.63, 3.8) is 0 Å². The number of nitrogens with two attached hydrogens (primary N) is 1. The van der Waals surface area contributed by atoms with Crippen molar-refractivity contribution in [3.05, 3.63) is 42.0 Å². The first-order valence-electron chi connectivity index (χ1n) is 14.4. The molecule has 1 unspecified atom stereocenters. The first-order chi connectivity index (χ1) is 21.5. The van der Waals surface area contributed by atoms with E-state index in [9.17, 15) is 33.0 Å². The fourth-order valence-electron chi connectivity index (χ4n) is 5.29. The number of alkyl halides is 3. The number of imidazole rings is 1. The number of anilines is 1. The van der Waals surface area contributed by atoms with E-state index in [1.807, 2.05) is 0 Å². The number of hydrogen-bond donors (Lipinski definition) is 4. The Labute approximate surface area is 254 Å². The van der Waals surface area contributed by atoms with Gasteiger partial charge in [0.05, 0.1) is 11.9 Å². The molecule has 13 nitrogen and oxygen atoms in total. The molecule has 4 heterocycles. The molecule has 1 saturated carbocycles.